The molecule has 1 aromatic rings. The highest BCUT2D eigenvalue weighted by Crippen LogP contribution is 2.34. The number of benzene rings is 1. The Balaban J connectivity index is 3.17. The van der Waals surface area contributed by atoms with Crippen LogP contribution in [0.5, 0.6) is 0 Å². The van der Waals surface area contributed by atoms with Crippen LogP contribution >= 0.6 is 11.6 Å². The van der Waals surface area contributed by atoms with Crippen LogP contribution in [0.2, 0.25) is 0 Å². The molecule has 0 aliphatic carbocycles. The molecule has 0 bridgehead atoms. The molecule has 1 rings (SSSR count). The molecule has 1 N–H and O–H groups in total. The van der Waals surface area contributed by atoms with E-state index in [4.69, 9.17) is 11.6 Å². The van der Waals surface area contributed by atoms with Crippen LogP contribution in [0.3, 0.4) is 0 Å². The molecule has 0 aromatic heterocycles. The summed E-state index contributed by atoms with van der Waals surface area (Å²) in [6.07, 6.45) is 0.615. The summed E-state index contributed by atoms with van der Waals surface area (Å²) in [5.74, 6) is 0.436. The Hall–Kier alpha value is -0.950. The number of nitrogens with one attached hydrogen (secondary N) is 1. The van der Waals surface area contributed by atoms with Crippen LogP contribution in [-0.2, 0) is 9.84 Å². The first-order chi connectivity index (χ1) is 9.59. The molecule has 0 fully saturated rings. The molecule has 120 valence electrons. The van der Waals surface area contributed by atoms with Crippen LogP contribution in [0.15, 0.2) is 29.2 Å². The number of sulfone groups is 1. The van der Waals surface area contributed by atoms with Gasteiger partial charge in [-0.05, 0) is 24.5 Å². The average Bonchev–Trinajstić information content (AvgIpc) is 2.36. The lowest BCUT2D eigenvalue weighted by Crippen LogP contribution is -2.27. The van der Waals surface area contributed by atoms with Crippen molar-refractivity contribution in [2.24, 2.45) is 5.92 Å². The van der Waals surface area contributed by atoms with Gasteiger partial charge in [0.05, 0.1) is 10.6 Å². The Morgan fingerprint density at radius 3 is 2.29 bits per heavy atom. The predicted molar refractivity (Wildman–Crippen MR) is 77.3 cm³/mol. The van der Waals surface area contributed by atoms with Gasteiger partial charge in [-0.25, -0.2) is 8.42 Å². The minimum Gasteiger partial charge on any atom is -0.380 e. The van der Waals surface area contributed by atoms with Crippen LogP contribution in [0.1, 0.15) is 20.3 Å². The lowest BCUT2D eigenvalue weighted by atomic mass is 10.0. The molecule has 21 heavy (non-hydrogen) atoms. The molecule has 1 aromatic carbocycles. The fraction of sp³-hybridized carbons (Fsp3) is 0.538. The molecular formula is C13H17ClF3NO2S. The maximum Gasteiger partial charge on any atom is 0.501 e. The van der Waals surface area contributed by atoms with Crippen molar-refractivity contribution in [2.75, 3.05) is 11.2 Å². The Morgan fingerprint density at radius 2 is 1.81 bits per heavy atom. The Morgan fingerprint density at radius 1 is 1.24 bits per heavy atom. The molecule has 0 spiro atoms. The molecule has 0 radical (unpaired) electrons. The molecule has 1 atom stereocenters. The summed E-state index contributed by atoms with van der Waals surface area (Å²) in [6.45, 7) is 3.89. The second-order valence-electron chi connectivity index (χ2n) is 5.07. The van der Waals surface area contributed by atoms with E-state index < -0.39 is 20.2 Å². The zero-order valence-corrected chi connectivity index (χ0v) is 13.2. The molecule has 0 aliphatic rings. The molecule has 0 heterocycles. The summed E-state index contributed by atoms with van der Waals surface area (Å²) >= 11 is 5.78. The molecule has 1 unspecified atom stereocenters. The van der Waals surface area contributed by atoms with Crippen molar-refractivity contribution in [3.05, 3.63) is 24.3 Å². The van der Waals surface area contributed by atoms with Crippen LogP contribution < -0.4 is 5.32 Å². The van der Waals surface area contributed by atoms with Crippen molar-refractivity contribution in [2.45, 2.75) is 36.7 Å². The van der Waals surface area contributed by atoms with E-state index in [9.17, 15) is 21.6 Å². The van der Waals surface area contributed by atoms with Crippen LogP contribution in [-0.4, -0.2) is 25.8 Å². The van der Waals surface area contributed by atoms with E-state index in [2.05, 4.69) is 5.32 Å². The SMILES string of the molecule is CC(C)CC(CCl)Nc1ccccc1S(=O)(=O)C(F)(F)F. The van der Waals surface area contributed by atoms with E-state index in [0.717, 1.165) is 6.07 Å². The van der Waals surface area contributed by atoms with Crippen LogP contribution in [0.25, 0.3) is 0 Å². The molecule has 8 heteroatoms. The molecule has 0 amide bonds. The summed E-state index contributed by atoms with van der Waals surface area (Å²) in [6, 6.07) is 4.65. The van der Waals surface area contributed by atoms with Crippen molar-refractivity contribution in [1.82, 2.24) is 0 Å². The Kier molecular flexibility index (Phi) is 5.92. The largest absolute Gasteiger partial charge is 0.501 e. The first-order valence-electron chi connectivity index (χ1n) is 6.32. The zero-order chi connectivity index (χ0) is 16.3. The number of hydrogen-bond acceptors (Lipinski definition) is 3. The van der Waals surface area contributed by atoms with E-state index in [1.54, 1.807) is 0 Å². The molecule has 0 aliphatic heterocycles. The number of anilines is 1. The highest BCUT2D eigenvalue weighted by Gasteiger charge is 2.48. The van der Waals surface area contributed by atoms with Crippen molar-refractivity contribution in [1.29, 1.82) is 0 Å². The lowest BCUT2D eigenvalue weighted by molar-refractivity contribution is -0.0435. The third-order valence-corrected chi connectivity index (χ3v) is 4.70. The van der Waals surface area contributed by atoms with Gasteiger partial charge in [0, 0.05) is 11.9 Å². The first kappa shape index (κ1) is 18.1. The lowest BCUT2D eigenvalue weighted by Gasteiger charge is -2.21. The summed E-state index contributed by atoms with van der Waals surface area (Å²) in [7, 11) is -5.39. The minimum atomic E-state index is -5.39. The summed E-state index contributed by atoms with van der Waals surface area (Å²) in [4.78, 5) is -0.781. The number of hydrogen-bond donors (Lipinski definition) is 1. The third-order valence-electron chi connectivity index (χ3n) is 2.78. The summed E-state index contributed by atoms with van der Waals surface area (Å²) in [5, 5.41) is 2.80. The first-order valence-corrected chi connectivity index (χ1v) is 8.34. The highest BCUT2D eigenvalue weighted by molar-refractivity contribution is 7.92. The van der Waals surface area contributed by atoms with Crippen molar-refractivity contribution in [3.63, 3.8) is 0 Å². The van der Waals surface area contributed by atoms with Gasteiger partial charge in [0.15, 0.2) is 0 Å². The van der Waals surface area contributed by atoms with Crippen molar-refractivity contribution in [3.8, 4) is 0 Å². The van der Waals surface area contributed by atoms with Gasteiger partial charge in [0.2, 0.25) is 0 Å². The monoisotopic (exact) mass is 343 g/mol. The Bertz CT molecular complexity index is 573. The van der Waals surface area contributed by atoms with E-state index in [-0.39, 0.29) is 23.5 Å². The summed E-state index contributed by atoms with van der Waals surface area (Å²) in [5.41, 5.74) is -5.42. The van der Waals surface area contributed by atoms with Crippen LogP contribution in [0, 0.1) is 5.92 Å². The molecule has 3 nitrogen and oxygen atoms in total. The maximum atomic E-state index is 12.7. The molecule has 0 saturated carbocycles. The fourth-order valence-electron chi connectivity index (χ4n) is 1.89. The standard InChI is InChI=1S/C13H17ClF3NO2S/c1-9(2)7-10(8-14)18-11-5-3-4-6-12(11)21(19,20)13(15,16)17/h3-6,9-10,18H,7-8H2,1-2H3. The minimum absolute atomic E-state index is 0.0823. The summed E-state index contributed by atoms with van der Waals surface area (Å²) < 4.78 is 61.2. The zero-order valence-electron chi connectivity index (χ0n) is 11.6. The van der Waals surface area contributed by atoms with Gasteiger partial charge >= 0.3 is 5.51 Å². The van der Waals surface area contributed by atoms with E-state index in [1.165, 1.54) is 18.2 Å². The number of para-hydroxylation sites is 1. The molecule has 0 saturated heterocycles. The predicted octanol–water partition coefficient (Wildman–Crippen LogP) is 4.05. The smallest absolute Gasteiger partial charge is 0.380 e. The topological polar surface area (TPSA) is 46.2 Å². The average molecular weight is 344 g/mol. The number of halogens is 4. The van der Waals surface area contributed by atoms with Gasteiger partial charge in [0.25, 0.3) is 9.84 Å². The third kappa shape index (κ3) is 4.51. The van der Waals surface area contributed by atoms with Gasteiger partial charge in [-0.3, -0.25) is 0 Å². The Labute approximate surface area is 127 Å². The highest BCUT2D eigenvalue weighted by atomic mass is 35.5. The van der Waals surface area contributed by atoms with Crippen LogP contribution in [0.4, 0.5) is 18.9 Å². The van der Waals surface area contributed by atoms with E-state index >= 15 is 0 Å². The van der Waals surface area contributed by atoms with E-state index in [0.29, 0.717) is 6.42 Å². The van der Waals surface area contributed by atoms with Crippen molar-refractivity contribution < 1.29 is 21.6 Å². The van der Waals surface area contributed by atoms with Gasteiger partial charge in [-0.15, -0.1) is 11.6 Å². The number of alkyl halides is 4. The second kappa shape index (κ2) is 6.87. The number of rotatable bonds is 6. The van der Waals surface area contributed by atoms with Gasteiger partial charge in [0.1, 0.15) is 0 Å². The molecular weight excluding hydrogens is 327 g/mol. The second-order valence-corrected chi connectivity index (χ2v) is 7.29. The van der Waals surface area contributed by atoms with Gasteiger partial charge in [-0.1, -0.05) is 26.0 Å². The maximum absolute atomic E-state index is 12.7. The van der Waals surface area contributed by atoms with Gasteiger partial charge in [-0.2, -0.15) is 13.2 Å². The van der Waals surface area contributed by atoms with E-state index in [1.807, 2.05) is 13.8 Å². The van der Waals surface area contributed by atoms with Gasteiger partial charge < -0.3 is 5.32 Å². The normalized spacial score (nSPS) is 14.2. The quantitative estimate of drug-likeness (QED) is 0.793. The van der Waals surface area contributed by atoms with Crippen molar-refractivity contribution >= 4 is 27.1 Å². The fourth-order valence-corrected chi connectivity index (χ4v) is 3.02.